The quantitative estimate of drug-likeness (QED) is 0.503. The lowest BCUT2D eigenvalue weighted by molar-refractivity contribution is 0.102. The SMILES string of the molecule is COc1c(Br)cc(Br)cc1C(=O)Nc1ccc(Cc2c(C)nn(C)c2C)cc1. The minimum Gasteiger partial charge on any atom is -0.495 e. The summed E-state index contributed by atoms with van der Waals surface area (Å²) in [5, 5.41) is 7.40. The molecule has 1 aromatic heterocycles. The van der Waals surface area contributed by atoms with Gasteiger partial charge in [0.2, 0.25) is 0 Å². The van der Waals surface area contributed by atoms with Gasteiger partial charge >= 0.3 is 0 Å². The zero-order valence-corrected chi connectivity index (χ0v) is 19.3. The lowest BCUT2D eigenvalue weighted by Crippen LogP contribution is -2.13. The molecule has 1 heterocycles. The Hall–Kier alpha value is -2.12. The molecule has 146 valence electrons. The van der Waals surface area contributed by atoms with Crippen LogP contribution in [0.4, 0.5) is 5.69 Å². The third-order valence-electron chi connectivity index (χ3n) is 4.71. The first-order valence-corrected chi connectivity index (χ1v) is 10.3. The predicted octanol–water partition coefficient (Wildman–Crippen LogP) is 5.41. The van der Waals surface area contributed by atoms with Crippen LogP contribution < -0.4 is 10.1 Å². The van der Waals surface area contributed by atoms with Crippen LogP contribution in [0.15, 0.2) is 45.3 Å². The van der Waals surface area contributed by atoms with Crippen LogP contribution in [0.1, 0.15) is 32.9 Å². The van der Waals surface area contributed by atoms with Crippen LogP contribution >= 0.6 is 31.9 Å². The first kappa shape index (κ1) is 20.6. The highest BCUT2D eigenvalue weighted by Gasteiger charge is 2.17. The van der Waals surface area contributed by atoms with Crippen LogP contribution in [0, 0.1) is 13.8 Å². The van der Waals surface area contributed by atoms with Gasteiger partial charge in [-0.25, -0.2) is 0 Å². The van der Waals surface area contributed by atoms with E-state index in [-0.39, 0.29) is 5.91 Å². The highest BCUT2D eigenvalue weighted by atomic mass is 79.9. The average Bonchev–Trinajstić information content (AvgIpc) is 2.88. The highest BCUT2D eigenvalue weighted by molar-refractivity contribution is 9.11. The third-order valence-corrected chi connectivity index (χ3v) is 5.76. The van der Waals surface area contributed by atoms with Crippen LogP contribution in [0.25, 0.3) is 0 Å². The molecule has 3 rings (SSSR count). The van der Waals surface area contributed by atoms with E-state index in [1.54, 1.807) is 13.2 Å². The standard InChI is InChI=1S/C21H21Br2N3O2/c1-12-17(13(2)26(3)25-12)9-14-5-7-16(8-6-14)24-21(27)18-10-15(22)11-19(23)20(18)28-4/h5-8,10-11H,9H2,1-4H3,(H,24,27). The molecule has 28 heavy (non-hydrogen) atoms. The molecule has 0 bridgehead atoms. The molecule has 0 radical (unpaired) electrons. The molecule has 0 spiro atoms. The summed E-state index contributed by atoms with van der Waals surface area (Å²) >= 11 is 6.84. The topological polar surface area (TPSA) is 56.1 Å². The van der Waals surface area contributed by atoms with Crippen LogP contribution in [-0.2, 0) is 13.5 Å². The Morgan fingerprint density at radius 2 is 1.86 bits per heavy atom. The molecule has 0 aliphatic rings. The number of carbonyl (C=O) groups excluding carboxylic acids is 1. The molecule has 1 amide bonds. The van der Waals surface area contributed by atoms with Crippen molar-refractivity contribution in [3.8, 4) is 5.75 Å². The first-order valence-electron chi connectivity index (χ1n) is 8.72. The Bertz CT molecular complexity index is 1030. The van der Waals surface area contributed by atoms with Crippen LogP contribution in [0.2, 0.25) is 0 Å². The maximum atomic E-state index is 12.7. The number of halogens is 2. The normalized spacial score (nSPS) is 10.8. The summed E-state index contributed by atoms with van der Waals surface area (Å²) in [6.45, 7) is 4.11. The van der Waals surface area contributed by atoms with Crippen molar-refractivity contribution < 1.29 is 9.53 Å². The number of anilines is 1. The first-order chi connectivity index (χ1) is 13.3. The monoisotopic (exact) mass is 505 g/mol. The smallest absolute Gasteiger partial charge is 0.259 e. The molecule has 3 aromatic rings. The van der Waals surface area contributed by atoms with Gasteiger partial charge in [0, 0.05) is 34.9 Å². The van der Waals surface area contributed by atoms with Gasteiger partial charge < -0.3 is 10.1 Å². The lowest BCUT2D eigenvalue weighted by atomic mass is 10.0. The molecule has 1 N–H and O–H groups in total. The molecule has 0 saturated carbocycles. The number of ether oxygens (including phenoxy) is 1. The Labute approximate surface area is 181 Å². The number of hydrogen-bond donors (Lipinski definition) is 1. The Morgan fingerprint density at radius 3 is 2.43 bits per heavy atom. The van der Waals surface area contributed by atoms with Gasteiger partial charge in [-0.2, -0.15) is 5.10 Å². The van der Waals surface area contributed by atoms with Crippen molar-refractivity contribution in [1.29, 1.82) is 0 Å². The van der Waals surface area contributed by atoms with E-state index in [4.69, 9.17) is 4.74 Å². The van der Waals surface area contributed by atoms with Crippen LogP contribution in [0.3, 0.4) is 0 Å². The number of carbonyl (C=O) groups is 1. The van der Waals surface area contributed by atoms with E-state index >= 15 is 0 Å². The maximum Gasteiger partial charge on any atom is 0.259 e. The summed E-state index contributed by atoms with van der Waals surface area (Å²) in [4.78, 5) is 12.7. The van der Waals surface area contributed by atoms with Crippen molar-refractivity contribution >= 4 is 43.5 Å². The number of hydrogen-bond acceptors (Lipinski definition) is 3. The van der Waals surface area contributed by atoms with E-state index < -0.39 is 0 Å². The Balaban J connectivity index is 1.77. The van der Waals surface area contributed by atoms with E-state index in [0.717, 1.165) is 22.3 Å². The van der Waals surface area contributed by atoms with E-state index in [2.05, 4.69) is 49.2 Å². The molecule has 0 aliphatic carbocycles. The van der Waals surface area contributed by atoms with Gasteiger partial charge in [-0.1, -0.05) is 28.1 Å². The molecule has 0 fully saturated rings. The summed E-state index contributed by atoms with van der Waals surface area (Å²) in [6.07, 6.45) is 0.812. The van der Waals surface area contributed by atoms with Crippen LogP contribution in [0.5, 0.6) is 5.75 Å². The van der Waals surface area contributed by atoms with Crippen molar-refractivity contribution in [2.24, 2.45) is 7.05 Å². The van der Waals surface area contributed by atoms with Gasteiger partial charge in [-0.05, 0) is 59.6 Å². The third kappa shape index (κ3) is 4.31. The zero-order valence-electron chi connectivity index (χ0n) is 16.1. The minimum absolute atomic E-state index is 0.231. The number of benzene rings is 2. The summed E-state index contributed by atoms with van der Waals surface area (Å²) in [5.41, 5.74) is 5.80. The predicted molar refractivity (Wildman–Crippen MR) is 118 cm³/mol. The molecule has 5 nitrogen and oxygen atoms in total. The summed E-state index contributed by atoms with van der Waals surface area (Å²) in [7, 11) is 3.50. The van der Waals surface area contributed by atoms with E-state index in [1.165, 1.54) is 16.8 Å². The van der Waals surface area contributed by atoms with Crippen molar-refractivity contribution in [2.45, 2.75) is 20.3 Å². The molecular formula is C21H21Br2N3O2. The molecule has 0 aliphatic heterocycles. The fourth-order valence-corrected chi connectivity index (χ4v) is 4.51. The summed E-state index contributed by atoms with van der Waals surface area (Å²) in [6, 6.07) is 11.4. The van der Waals surface area contributed by atoms with Gasteiger partial charge in [-0.15, -0.1) is 0 Å². The van der Waals surface area contributed by atoms with Crippen molar-refractivity contribution in [1.82, 2.24) is 9.78 Å². The second-order valence-electron chi connectivity index (χ2n) is 6.57. The van der Waals surface area contributed by atoms with Gasteiger partial charge in [0.15, 0.2) is 0 Å². The summed E-state index contributed by atoms with van der Waals surface area (Å²) < 4.78 is 8.78. The second kappa shape index (κ2) is 8.49. The summed E-state index contributed by atoms with van der Waals surface area (Å²) in [5.74, 6) is 0.269. The molecule has 2 aromatic carbocycles. The molecule has 0 atom stereocenters. The number of aromatic nitrogens is 2. The molecular weight excluding hydrogens is 486 g/mol. The fraction of sp³-hybridized carbons (Fsp3) is 0.238. The Kier molecular flexibility index (Phi) is 6.25. The van der Waals surface area contributed by atoms with Crippen molar-refractivity contribution in [2.75, 3.05) is 12.4 Å². The van der Waals surface area contributed by atoms with E-state index in [0.29, 0.717) is 15.8 Å². The number of methoxy groups -OCH3 is 1. The fourth-order valence-electron chi connectivity index (χ4n) is 3.12. The molecule has 7 heteroatoms. The number of amides is 1. The number of nitrogens with one attached hydrogen (secondary N) is 1. The largest absolute Gasteiger partial charge is 0.495 e. The number of rotatable bonds is 5. The number of nitrogens with zero attached hydrogens (tertiary/aromatic N) is 2. The zero-order chi connectivity index (χ0) is 20.4. The molecule has 0 saturated heterocycles. The van der Waals surface area contributed by atoms with Gasteiger partial charge in [0.25, 0.3) is 5.91 Å². The number of aryl methyl sites for hydroxylation is 2. The van der Waals surface area contributed by atoms with Crippen molar-refractivity contribution in [3.63, 3.8) is 0 Å². The van der Waals surface area contributed by atoms with Gasteiger partial charge in [0.1, 0.15) is 5.75 Å². The lowest BCUT2D eigenvalue weighted by Gasteiger charge is -2.12. The minimum atomic E-state index is -0.231. The van der Waals surface area contributed by atoms with E-state index in [9.17, 15) is 4.79 Å². The van der Waals surface area contributed by atoms with Gasteiger partial charge in [-0.3, -0.25) is 9.48 Å². The molecule has 0 unspecified atom stereocenters. The van der Waals surface area contributed by atoms with Crippen LogP contribution in [-0.4, -0.2) is 22.8 Å². The maximum absolute atomic E-state index is 12.7. The average molecular weight is 507 g/mol. The Morgan fingerprint density at radius 1 is 1.18 bits per heavy atom. The highest BCUT2D eigenvalue weighted by Crippen LogP contribution is 2.33. The van der Waals surface area contributed by atoms with E-state index in [1.807, 2.05) is 49.0 Å². The van der Waals surface area contributed by atoms with Gasteiger partial charge in [0.05, 0.1) is 22.8 Å². The second-order valence-corrected chi connectivity index (χ2v) is 8.34. The van der Waals surface area contributed by atoms with Crippen molar-refractivity contribution in [3.05, 3.63) is 73.4 Å².